The lowest BCUT2D eigenvalue weighted by Gasteiger charge is -2.20. The van der Waals surface area contributed by atoms with Gasteiger partial charge >= 0.3 is 0 Å². The normalized spacial score (nSPS) is 10.3. The van der Waals surface area contributed by atoms with Crippen molar-refractivity contribution in [3.63, 3.8) is 0 Å². The Labute approximate surface area is 111 Å². The fraction of sp³-hybridized carbons (Fsp3) is 0.562. The van der Waals surface area contributed by atoms with Crippen LogP contribution in [0.5, 0.6) is 0 Å². The van der Waals surface area contributed by atoms with Gasteiger partial charge in [0.1, 0.15) is 0 Å². The first-order valence-corrected chi connectivity index (χ1v) is 7.09. The van der Waals surface area contributed by atoms with Gasteiger partial charge in [-0.25, -0.2) is 0 Å². The van der Waals surface area contributed by atoms with Gasteiger partial charge in [-0.1, -0.05) is 50.1 Å². The molecule has 0 aliphatic carbocycles. The first-order chi connectivity index (χ1) is 8.77. The molecule has 0 heterocycles. The third kappa shape index (κ3) is 5.35. The van der Waals surface area contributed by atoms with E-state index in [9.17, 15) is 4.79 Å². The minimum Gasteiger partial charge on any atom is -0.343 e. The van der Waals surface area contributed by atoms with E-state index >= 15 is 0 Å². The Bertz CT molecular complexity index is 334. The van der Waals surface area contributed by atoms with Crippen molar-refractivity contribution >= 4 is 5.91 Å². The van der Waals surface area contributed by atoms with Crippen molar-refractivity contribution in [1.29, 1.82) is 0 Å². The maximum Gasteiger partial charge on any atom is 0.222 e. The number of nitrogens with zero attached hydrogens (tertiary/aromatic N) is 1. The summed E-state index contributed by atoms with van der Waals surface area (Å²) in [5.41, 5.74) is 1.25. The SMILES string of the molecule is CCCCCN(CC)C(=O)CCc1ccccc1. The molecule has 1 aromatic rings. The molecule has 100 valence electrons. The molecule has 2 nitrogen and oxygen atoms in total. The number of carbonyl (C=O) groups is 1. The molecule has 0 atom stereocenters. The largest absolute Gasteiger partial charge is 0.343 e. The number of carbonyl (C=O) groups excluding carboxylic acids is 1. The molecule has 0 saturated heterocycles. The third-order valence-electron chi connectivity index (χ3n) is 3.24. The molecular formula is C16H25NO. The van der Waals surface area contributed by atoms with Crippen LogP contribution in [0.2, 0.25) is 0 Å². The number of unbranched alkanes of at least 4 members (excludes halogenated alkanes) is 2. The first-order valence-electron chi connectivity index (χ1n) is 7.09. The molecule has 0 N–H and O–H groups in total. The van der Waals surface area contributed by atoms with Crippen LogP contribution in [0.3, 0.4) is 0 Å². The highest BCUT2D eigenvalue weighted by molar-refractivity contribution is 5.76. The van der Waals surface area contributed by atoms with Crippen LogP contribution in [0.1, 0.15) is 45.1 Å². The van der Waals surface area contributed by atoms with E-state index in [1.807, 2.05) is 23.1 Å². The number of amides is 1. The van der Waals surface area contributed by atoms with E-state index in [-0.39, 0.29) is 5.91 Å². The molecule has 1 aromatic carbocycles. The highest BCUT2D eigenvalue weighted by Gasteiger charge is 2.10. The van der Waals surface area contributed by atoms with E-state index in [1.165, 1.54) is 18.4 Å². The molecule has 0 aliphatic rings. The summed E-state index contributed by atoms with van der Waals surface area (Å²) >= 11 is 0. The molecular weight excluding hydrogens is 222 g/mol. The van der Waals surface area contributed by atoms with Crippen molar-refractivity contribution in [3.8, 4) is 0 Å². The second-order valence-electron chi connectivity index (χ2n) is 4.67. The topological polar surface area (TPSA) is 20.3 Å². The summed E-state index contributed by atoms with van der Waals surface area (Å²) in [6.07, 6.45) is 5.02. The van der Waals surface area contributed by atoms with E-state index < -0.39 is 0 Å². The fourth-order valence-corrected chi connectivity index (χ4v) is 2.07. The van der Waals surface area contributed by atoms with Gasteiger partial charge in [0.15, 0.2) is 0 Å². The molecule has 1 rings (SSSR count). The molecule has 0 spiro atoms. The fourth-order valence-electron chi connectivity index (χ4n) is 2.07. The van der Waals surface area contributed by atoms with Gasteiger partial charge in [-0.15, -0.1) is 0 Å². The lowest BCUT2D eigenvalue weighted by atomic mass is 10.1. The van der Waals surface area contributed by atoms with Gasteiger partial charge in [0.25, 0.3) is 0 Å². The van der Waals surface area contributed by atoms with Crippen LogP contribution in [-0.2, 0) is 11.2 Å². The standard InChI is InChI=1S/C16H25NO/c1-3-5-9-14-17(4-2)16(18)13-12-15-10-7-6-8-11-15/h6-8,10-11H,3-5,9,12-14H2,1-2H3. The molecule has 0 radical (unpaired) electrons. The molecule has 18 heavy (non-hydrogen) atoms. The average molecular weight is 247 g/mol. The van der Waals surface area contributed by atoms with Crippen molar-refractivity contribution in [2.24, 2.45) is 0 Å². The summed E-state index contributed by atoms with van der Waals surface area (Å²) in [6.45, 7) is 6.00. The number of hydrogen-bond acceptors (Lipinski definition) is 1. The Kier molecular flexibility index (Phi) is 7.16. The van der Waals surface area contributed by atoms with Crippen LogP contribution in [0.15, 0.2) is 30.3 Å². The van der Waals surface area contributed by atoms with E-state index in [1.54, 1.807) is 0 Å². The summed E-state index contributed by atoms with van der Waals surface area (Å²) in [7, 11) is 0. The van der Waals surface area contributed by atoms with E-state index in [4.69, 9.17) is 0 Å². The first kappa shape index (κ1) is 14.7. The zero-order valence-electron chi connectivity index (χ0n) is 11.7. The van der Waals surface area contributed by atoms with Gasteiger partial charge in [-0.05, 0) is 25.3 Å². The summed E-state index contributed by atoms with van der Waals surface area (Å²) in [5, 5.41) is 0. The highest BCUT2D eigenvalue weighted by atomic mass is 16.2. The molecule has 1 amide bonds. The predicted molar refractivity (Wildman–Crippen MR) is 76.5 cm³/mol. The smallest absolute Gasteiger partial charge is 0.222 e. The van der Waals surface area contributed by atoms with Crippen LogP contribution < -0.4 is 0 Å². The van der Waals surface area contributed by atoms with Crippen LogP contribution in [0.25, 0.3) is 0 Å². The summed E-state index contributed by atoms with van der Waals surface area (Å²) in [6, 6.07) is 10.2. The zero-order chi connectivity index (χ0) is 13.2. The average Bonchev–Trinajstić information content (AvgIpc) is 2.42. The Morgan fingerprint density at radius 3 is 2.44 bits per heavy atom. The monoisotopic (exact) mass is 247 g/mol. The molecule has 0 fully saturated rings. The van der Waals surface area contributed by atoms with E-state index in [0.717, 1.165) is 25.9 Å². The Morgan fingerprint density at radius 2 is 1.83 bits per heavy atom. The Hall–Kier alpha value is -1.31. The van der Waals surface area contributed by atoms with Crippen LogP contribution in [-0.4, -0.2) is 23.9 Å². The van der Waals surface area contributed by atoms with Crippen molar-refractivity contribution in [1.82, 2.24) is 4.90 Å². The maximum absolute atomic E-state index is 12.1. The van der Waals surface area contributed by atoms with E-state index in [2.05, 4.69) is 26.0 Å². The minimum absolute atomic E-state index is 0.289. The minimum atomic E-state index is 0.289. The molecule has 0 saturated carbocycles. The molecule has 0 unspecified atom stereocenters. The van der Waals surface area contributed by atoms with Crippen molar-refractivity contribution in [2.75, 3.05) is 13.1 Å². The maximum atomic E-state index is 12.1. The number of rotatable bonds is 8. The van der Waals surface area contributed by atoms with Gasteiger partial charge in [0.2, 0.25) is 5.91 Å². The highest BCUT2D eigenvalue weighted by Crippen LogP contribution is 2.06. The number of hydrogen-bond donors (Lipinski definition) is 0. The summed E-state index contributed by atoms with van der Waals surface area (Å²) < 4.78 is 0. The lowest BCUT2D eigenvalue weighted by molar-refractivity contribution is -0.131. The van der Waals surface area contributed by atoms with Gasteiger partial charge in [-0.2, -0.15) is 0 Å². The van der Waals surface area contributed by atoms with Gasteiger partial charge in [-0.3, -0.25) is 4.79 Å². The quantitative estimate of drug-likeness (QED) is 0.642. The second kappa shape index (κ2) is 8.73. The van der Waals surface area contributed by atoms with E-state index in [0.29, 0.717) is 6.42 Å². The van der Waals surface area contributed by atoms with Gasteiger partial charge < -0.3 is 4.90 Å². The molecule has 0 aliphatic heterocycles. The zero-order valence-corrected chi connectivity index (χ0v) is 11.7. The van der Waals surface area contributed by atoms with Crippen molar-refractivity contribution in [2.45, 2.75) is 46.0 Å². The van der Waals surface area contributed by atoms with Crippen molar-refractivity contribution in [3.05, 3.63) is 35.9 Å². The van der Waals surface area contributed by atoms with Crippen molar-refractivity contribution < 1.29 is 4.79 Å². The Morgan fingerprint density at radius 1 is 1.11 bits per heavy atom. The summed E-state index contributed by atoms with van der Waals surface area (Å²) in [4.78, 5) is 14.1. The molecule has 2 heteroatoms. The van der Waals surface area contributed by atoms with Crippen LogP contribution in [0.4, 0.5) is 0 Å². The number of benzene rings is 1. The predicted octanol–water partition coefficient (Wildman–Crippen LogP) is 3.66. The van der Waals surface area contributed by atoms with Gasteiger partial charge in [0, 0.05) is 19.5 Å². The second-order valence-corrected chi connectivity index (χ2v) is 4.67. The molecule has 0 aromatic heterocycles. The third-order valence-corrected chi connectivity index (χ3v) is 3.24. The lowest BCUT2D eigenvalue weighted by Crippen LogP contribution is -2.31. The van der Waals surface area contributed by atoms with Crippen LogP contribution in [0, 0.1) is 0 Å². The number of aryl methyl sites for hydroxylation is 1. The Balaban J connectivity index is 2.33. The van der Waals surface area contributed by atoms with Gasteiger partial charge in [0.05, 0.1) is 0 Å². The molecule has 0 bridgehead atoms. The van der Waals surface area contributed by atoms with Crippen LogP contribution >= 0.6 is 0 Å². The summed E-state index contributed by atoms with van der Waals surface area (Å²) in [5.74, 6) is 0.289.